The van der Waals surface area contributed by atoms with Crippen molar-refractivity contribution < 1.29 is 26.7 Å². The Kier molecular flexibility index (Phi) is 8.10. The van der Waals surface area contributed by atoms with Crippen molar-refractivity contribution in [3.05, 3.63) is 107 Å². The summed E-state index contributed by atoms with van der Waals surface area (Å²) in [5.74, 6) is -0.111. The molecule has 0 spiro atoms. The first-order chi connectivity index (χ1) is 17.4. The van der Waals surface area contributed by atoms with E-state index in [1.54, 1.807) is 6.20 Å². The largest absolute Gasteiger partial charge is 0.487 e. The molecule has 0 atom stereocenters. The van der Waals surface area contributed by atoms with Gasteiger partial charge in [-0.1, -0.05) is 18.2 Å². The molecule has 5 nitrogen and oxygen atoms in total. The lowest BCUT2D eigenvalue weighted by atomic mass is 10.1. The number of alkyl halides is 3. The summed E-state index contributed by atoms with van der Waals surface area (Å²) in [4.78, 5) is 4.23. The van der Waals surface area contributed by atoms with E-state index in [4.69, 9.17) is 9.15 Å². The lowest BCUT2D eigenvalue weighted by Crippen LogP contribution is -2.05. The van der Waals surface area contributed by atoms with Crippen LogP contribution in [0.3, 0.4) is 0 Å². The van der Waals surface area contributed by atoms with Gasteiger partial charge in [0.2, 0.25) is 5.89 Å². The van der Waals surface area contributed by atoms with Gasteiger partial charge in [-0.25, -0.2) is 9.37 Å². The molecule has 0 N–H and O–H groups in total. The summed E-state index contributed by atoms with van der Waals surface area (Å²) in [5.41, 5.74) is 1.69. The first kappa shape index (κ1) is 25.1. The molecule has 186 valence electrons. The number of ether oxygens (including phenoxy) is 1. The van der Waals surface area contributed by atoms with Gasteiger partial charge in [-0.15, -0.1) is 0 Å². The van der Waals surface area contributed by atoms with Gasteiger partial charge in [0.05, 0.1) is 11.3 Å². The van der Waals surface area contributed by atoms with Crippen LogP contribution in [0.1, 0.15) is 46.8 Å². The molecule has 0 aliphatic heterocycles. The summed E-state index contributed by atoms with van der Waals surface area (Å²) in [6, 6.07) is 14.0. The molecule has 0 aliphatic carbocycles. The lowest BCUT2D eigenvalue weighted by Gasteiger charge is -2.07. The first-order valence-electron chi connectivity index (χ1n) is 11.3. The minimum atomic E-state index is -4.60. The average Bonchev–Trinajstić information content (AvgIpc) is 3.33. The third-order valence-corrected chi connectivity index (χ3v) is 5.39. The topological polar surface area (TPSA) is 61.0 Å². The second kappa shape index (κ2) is 11.6. The number of halogens is 4. The van der Waals surface area contributed by atoms with Crippen molar-refractivity contribution in [1.29, 1.82) is 0 Å². The smallest absolute Gasteiger partial charge is 0.416 e. The molecule has 36 heavy (non-hydrogen) atoms. The van der Waals surface area contributed by atoms with Gasteiger partial charge in [0.25, 0.3) is 0 Å². The van der Waals surface area contributed by atoms with E-state index >= 15 is 0 Å². The fourth-order valence-electron chi connectivity index (χ4n) is 3.48. The number of nitrogens with zero attached hydrogens (tertiary/aromatic N) is 3. The van der Waals surface area contributed by atoms with Crippen molar-refractivity contribution in [1.82, 2.24) is 15.2 Å². The summed E-state index contributed by atoms with van der Waals surface area (Å²) >= 11 is 0. The summed E-state index contributed by atoms with van der Waals surface area (Å²) in [5, 5.41) is 7.97. The molecule has 0 amide bonds. The number of aromatic nitrogens is 3. The summed E-state index contributed by atoms with van der Waals surface area (Å²) in [6.45, 7) is 0.170. The number of hydrogen-bond donors (Lipinski definition) is 0. The number of benzene rings is 2. The zero-order chi connectivity index (χ0) is 25.4. The van der Waals surface area contributed by atoms with Crippen LogP contribution in [-0.4, -0.2) is 15.2 Å². The van der Waals surface area contributed by atoms with Crippen molar-refractivity contribution in [2.75, 3.05) is 0 Å². The van der Waals surface area contributed by atoms with Crippen molar-refractivity contribution >= 4 is 12.2 Å². The second-order valence-corrected chi connectivity index (χ2v) is 8.10. The monoisotopic (exact) mass is 497 g/mol. The van der Waals surface area contributed by atoms with Gasteiger partial charge in [0.15, 0.2) is 0 Å². The lowest BCUT2D eigenvalue weighted by molar-refractivity contribution is -0.137. The quantitative estimate of drug-likeness (QED) is 0.176. The van der Waals surface area contributed by atoms with Gasteiger partial charge in [-0.3, -0.25) is 0 Å². The molecule has 0 radical (unpaired) electrons. The Morgan fingerprint density at radius 1 is 0.917 bits per heavy atom. The van der Waals surface area contributed by atoms with Crippen molar-refractivity contribution in [2.45, 2.75) is 38.5 Å². The van der Waals surface area contributed by atoms with Gasteiger partial charge in [0, 0.05) is 17.8 Å². The average molecular weight is 497 g/mol. The number of aryl methyl sites for hydroxylation is 2. The van der Waals surface area contributed by atoms with Gasteiger partial charge in [0.1, 0.15) is 30.1 Å². The minimum absolute atomic E-state index is 0.00664. The molecule has 9 heteroatoms. The van der Waals surface area contributed by atoms with Crippen LogP contribution in [0.4, 0.5) is 17.6 Å². The number of hydrogen-bond acceptors (Lipinski definition) is 5. The molecular weight excluding hydrogens is 474 g/mol. The van der Waals surface area contributed by atoms with Crippen molar-refractivity contribution in [3.63, 3.8) is 0 Å². The van der Waals surface area contributed by atoms with Crippen LogP contribution in [0.25, 0.3) is 12.2 Å². The number of oxazole rings is 1. The molecule has 0 fully saturated rings. The van der Waals surface area contributed by atoms with Crippen LogP contribution in [-0.2, 0) is 25.6 Å². The molecule has 0 saturated carbocycles. The number of rotatable bonds is 10. The van der Waals surface area contributed by atoms with Gasteiger partial charge in [-0.2, -0.15) is 23.4 Å². The number of unbranched alkanes of at least 4 members (excludes halogenated alkanes) is 1. The van der Waals surface area contributed by atoms with Gasteiger partial charge < -0.3 is 9.15 Å². The molecule has 0 bridgehead atoms. The Morgan fingerprint density at radius 2 is 1.72 bits per heavy atom. The van der Waals surface area contributed by atoms with E-state index in [-0.39, 0.29) is 18.1 Å². The first-order valence-corrected chi connectivity index (χ1v) is 11.3. The Balaban J connectivity index is 1.23. The Labute approximate surface area is 205 Å². The van der Waals surface area contributed by atoms with Crippen LogP contribution in [0, 0.1) is 5.82 Å². The zero-order valence-electron chi connectivity index (χ0n) is 19.2. The van der Waals surface area contributed by atoms with E-state index in [0.717, 1.165) is 43.5 Å². The standard InChI is InChI=1S/C27H23F4N3O2/c28-25-16-21(27(29,30)31)11-9-20(25)10-14-26-33-23(18-36-26)17-35-24-12-7-19(8-13-24)4-1-2-5-22-6-3-15-32-34-22/h3,6-16,18H,1-2,4-5,17H2. The molecule has 0 unspecified atom stereocenters. The van der Waals surface area contributed by atoms with E-state index in [1.807, 2.05) is 36.4 Å². The molecule has 4 aromatic rings. The zero-order valence-corrected chi connectivity index (χ0v) is 19.2. The predicted molar refractivity (Wildman–Crippen MR) is 126 cm³/mol. The molecule has 4 rings (SSSR count). The molecule has 2 heterocycles. The maximum Gasteiger partial charge on any atom is 0.416 e. The van der Waals surface area contributed by atoms with Crippen LogP contribution in [0.15, 0.2) is 71.5 Å². The fourth-order valence-corrected chi connectivity index (χ4v) is 3.48. The van der Waals surface area contributed by atoms with Gasteiger partial charge >= 0.3 is 6.18 Å². The van der Waals surface area contributed by atoms with Gasteiger partial charge in [-0.05, 0) is 73.7 Å². The predicted octanol–water partition coefficient (Wildman–Crippen LogP) is 6.94. The van der Waals surface area contributed by atoms with Crippen molar-refractivity contribution in [2.24, 2.45) is 0 Å². The second-order valence-electron chi connectivity index (χ2n) is 8.10. The van der Waals surface area contributed by atoms with E-state index < -0.39 is 17.6 Å². The highest BCUT2D eigenvalue weighted by atomic mass is 19.4. The highest BCUT2D eigenvalue weighted by Crippen LogP contribution is 2.30. The minimum Gasteiger partial charge on any atom is -0.487 e. The molecule has 0 aliphatic rings. The normalized spacial score (nSPS) is 11.8. The Bertz CT molecular complexity index is 1290. The maximum absolute atomic E-state index is 14.0. The third-order valence-electron chi connectivity index (χ3n) is 5.39. The highest BCUT2D eigenvalue weighted by molar-refractivity contribution is 5.66. The Hall–Kier alpha value is -4.01. The van der Waals surface area contributed by atoms with Crippen LogP contribution >= 0.6 is 0 Å². The van der Waals surface area contributed by atoms with Crippen LogP contribution in [0.5, 0.6) is 5.75 Å². The van der Waals surface area contributed by atoms with E-state index in [0.29, 0.717) is 17.5 Å². The maximum atomic E-state index is 14.0. The van der Waals surface area contributed by atoms with E-state index in [9.17, 15) is 17.6 Å². The third kappa shape index (κ3) is 7.24. The van der Waals surface area contributed by atoms with Crippen molar-refractivity contribution in [3.8, 4) is 5.75 Å². The highest BCUT2D eigenvalue weighted by Gasteiger charge is 2.30. The van der Waals surface area contributed by atoms with E-state index in [1.165, 1.54) is 24.0 Å². The van der Waals surface area contributed by atoms with E-state index in [2.05, 4.69) is 15.2 Å². The molecule has 0 saturated heterocycles. The van der Waals surface area contributed by atoms with Crippen LogP contribution < -0.4 is 4.74 Å². The molecule has 2 aromatic carbocycles. The van der Waals surface area contributed by atoms with Crippen LogP contribution in [0.2, 0.25) is 0 Å². The molecule has 2 aromatic heterocycles. The summed E-state index contributed by atoms with van der Waals surface area (Å²) < 4.78 is 63.0. The summed E-state index contributed by atoms with van der Waals surface area (Å²) in [7, 11) is 0. The Morgan fingerprint density at radius 3 is 2.44 bits per heavy atom. The fraction of sp³-hybridized carbons (Fsp3) is 0.222. The SMILES string of the molecule is Fc1cc(C(F)(F)F)ccc1C=Cc1nc(COc2ccc(CCCCc3cccnn3)cc2)co1. The molecular formula is C27H23F4N3O2. The summed E-state index contributed by atoms with van der Waals surface area (Å²) in [6.07, 6.45) is 5.11.